The summed E-state index contributed by atoms with van der Waals surface area (Å²) in [5.41, 5.74) is 5.62. The highest BCUT2D eigenvalue weighted by Gasteiger charge is 2.30. The van der Waals surface area contributed by atoms with E-state index in [0.717, 1.165) is 0 Å². The highest BCUT2D eigenvalue weighted by molar-refractivity contribution is 9.10. The van der Waals surface area contributed by atoms with Crippen LogP contribution in [0, 0.1) is 5.41 Å². The SMILES string of the molecule is CC(C)(C)[C@@H](O)[C@@H](N)c1ccc(Br)o1. The van der Waals surface area contributed by atoms with Gasteiger partial charge < -0.3 is 15.3 Å². The maximum absolute atomic E-state index is 9.92. The fraction of sp³-hybridized carbons (Fsp3) is 0.600. The average molecular weight is 262 g/mol. The molecular formula is C10H16BrNO2. The zero-order valence-electron chi connectivity index (χ0n) is 8.62. The van der Waals surface area contributed by atoms with Crippen LogP contribution >= 0.6 is 15.9 Å². The van der Waals surface area contributed by atoms with Crippen molar-refractivity contribution in [1.29, 1.82) is 0 Å². The molecule has 1 heterocycles. The van der Waals surface area contributed by atoms with E-state index in [1.165, 1.54) is 0 Å². The number of hydrogen-bond acceptors (Lipinski definition) is 3. The highest BCUT2D eigenvalue weighted by Crippen LogP contribution is 2.30. The molecule has 1 aromatic rings. The Hall–Kier alpha value is -0.320. The molecule has 0 unspecified atom stereocenters. The number of hydrogen-bond donors (Lipinski definition) is 2. The van der Waals surface area contributed by atoms with Gasteiger partial charge in [-0.15, -0.1) is 0 Å². The van der Waals surface area contributed by atoms with E-state index in [2.05, 4.69) is 15.9 Å². The number of aliphatic hydroxyl groups excluding tert-OH is 1. The molecule has 4 heteroatoms. The van der Waals surface area contributed by atoms with Crippen LogP contribution in [-0.2, 0) is 0 Å². The Morgan fingerprint density at radius 2 is 2.00 bits per heavy atom. The Morgan fingerprint density at radius 3 is 2.36 bits per heavy atom. The summed E-state index contributed by atoms with van der Waals surface area (Å²) in [5, 5.41) is 9.92. The minimum Gasteiger partial charge on any atom is -0.453 e. The molecular weight excluding hydrogens is 246 g/mol. The maximum atomic E-state index is 9.92. The van der Waals surface area contributed by atoms with Crippen molar-refractivity contribution in [2.24, 2.45) is 11.1 Å². The predicted molar refractivity (Wildman–Crippen MR) is 58.8 cm³/mol. The van der Waals surface area contributed by atoms with Crippen LogP contribution in [0.2, 0.25) is 0 Å². The lowest BCUT2D eigenvalue weighted by Crippen LogP contribution is -2.36. The van der Waals surface area contributed by atoms with Crippen molar-refractivity contribution in [2.75, 3.05) is 0 Å². The van der Waals surface area contributed by atoms with Crippen molar-refractivity contribution in [2.45, 2.75) is 32.9 Å². The van der Waals surface area contributed by atoms with Gasteiger partial charge in [-0.3, -0.25) is 0 Å². The molecule has 1 aromatic heterocycles. The summed E-state index contributed by atoms with van der Waals surface area (Å²) in [6, 6.07) is 3.05. The Balaban J connectivity index is 2.80. The summed E-state index contributed by atoms with van der Waals surface area (Å²) in [6.45, 7) is 5.82. The molecule has 0 bridgehead atoms. The standard InChI is InChI=1S/C10H16BrNO2/c1-10(2,3)9(13)8(12)6-4-5-7(11)14-6/h4-5,8-9,13H,12H2,1-3H3/t8-,9-/m0/s1. The molecule has 0 saturated carbocycles. The van der Waals surface area contributed by atoms with Gasteiger partial charge in [0.05, 0.1) is 12.1 Å². The van der Waals surface area contributed by atoms with Crippen LogP contribution in [0.4, 0.5) is 0 Å². The molecule has 1 rings (SSSR count). The predicted octanol–water partition coefficient (Wildman–Crippen LogP) is 2.45. The molecule has 0 spiro atoms. The third kappa shape index (κ3) is 2.59. The third-order valence-corrected chi connectivity index (χ3v) is 2.58. The van der Waals surface area contributed by atoms with Crippen LogP contribution in [-0.4, -0.2) is 11.2 Å². The zero-order valence-corrected chi connectivity index (χ0v) is 10.2. The van der Waals surface area contributed by atoms with Crippen LogP contribution in [0.15, 0.2) is 21.2 Å². The van der Waals surface area contributed by atoms with Crippen molar-refractivity contribution in [3.8, 4) is 0 Å². The van der Waals surface area contributed by atoms with Crippen LogP contribution in [0.5, 0.6) is 0 Å². The molecule has 0 aliphatic rings. The van der Waals surface area contributed by atoms with E-state index in [4.69, 9.17) is 10.2 Å². The summed E-state index contributed by atoms with van der Waals surface area (Å²) in [6.07, 6.45) is -0.624. The van der Waals surface area contributed by atoms with E-state index in [0.29, 0.717) is 10.4 Å². The molecule has 0 aliphatic heterocycles. The van der Waals surface area contributed by atoms with Crippen molar-refractivity contribution in [3.05, 3.63) is 22.6 Å². The quantitative estimate of drug-likeness (QED) is 0.860. The van der Waals surface area contributed by atoms with Crippen molar-refractivity contribution in [1.82, 2.24) is 0 Å². The molecule has 0 radical (unpaired) electrons. The largest absolute Gasteiger partial charge is 0.453 e. The minimum absolute atomic E-state index is 0.251. The molecule has 2 atom stereocenters. The van der Waals surface area contributed by atoms with E-state index < -0.39 is 12.1 Å². The average Bonchev–Trinajstić information content (AvgIpc) is 2.47. The van der Waals surface area contributed by atoms with E-state index in [9.17, 15) is 5.11 Å². The zero-order chi connectivity index (χ0) is 10.9. The van der Waals surface area contributed by atoms with Crippen molar-refractivity contribution in [3.63, 3.8) is 0 Å². The van der Waals surface area contributed by atoms with Gasteiger partial charge in [0.15, 0.2) is 4.67 Å². The molecule has 3 N–H and O–H groups in total. The van der Waals surface area contributed by atoms with Gasteiger partial charge in [0.2, 0.25) is 0 Å². The first-order valence-corrected chi connectivity index (χ1v) is 5.30. The fourth-order valence-corrected chi connectivity index (χ4v) is 1.52. The first-order chi connectivity index (χ1) is 6.32. The summed E-state index contributed by atoms with van der Waals surface area (Å²) >= 11 is 3.20. The number of aliphatic hydroxyl groups is 1. The minimum atomic E-state index is -0.624. The van der Waals surface area contributed by atoms with E-state index in [1.807, 2.05) is 20.8 Å². The second-order valence-electron chi connectivity index (χ2n) is 4.48. The lowest BCUT2D eigenvalue weighted by Gasteiger charge is -2.29. The highest BCUT2D eigenvalue weighted by atomic mass is 79.9. The van der Waals surface area contributed by atoms with Gasteiger partial charge in [0, 0.05) is 0 Å². The lowest BCUT2D eigenvalue weighted by atomic mass is 9.84. The molecule has 0 saturated heterocycles. The summed E-state index contributed by atoms with van der Waals surface area (Å²) in [7, 11) is 0. The molecule has 14 heavy (non-hydrogen) atoms. The molecule has 80 valence electrons. The monoisotopic (exact) mass is 261 g/mol. The number of furan rings is 1. The number of nitrogens with two attached hydrogens (primary N) is 1. The van der Waals surface area contributed by atoms with E-state index in [-0.39, 0.29) is 5.41 Å². The van der Waals surface area contributed by atoms with Gasteiger partial charge >= 0.3 is 0 Å². The maximum Gasteiger partial charge on any atom is 0.169 e. The molecule has 3 nitrogen and oxygen atoms in total. The van der Waals surface area contributed by atoms with Gasteiger partial charge in [0.25, 0.3) is 0 Å². The topological polar surface area (TPSA) is 59.4 Å². The number of halogens is 1. The summed E-state index contributed by atoms with van der Waals surface area (Å²) in [4.78, 5) is 0. The second kappa shape index (κ2) is 4.04. The molecule has 0 aliphatic carbocycles. The van der Waals surface area contributed by atoms with Crippen LogP contribution < -0.4 is 5.73 Å². The Kier molecular flexibility index (Phi) is 3.40. The lowest BCUT2D eigenvalue weighted by molar-refractivity contribution is 0.0339. The smallest absolute Gasteiger partial charge is 0.169 e. The van der Waals surface area contributed by atoms with Gasteiger partial charge in [-0.05, 0) is 33.5 Å². The fourth-order valence-electron chi connectivity index (χ4n) is 1.20. The molecule has 0 amide bonds. The van der Waals surface area contributed by atoms with Gasteiger partial charge in [-0.1, -0.05) is 20.8 Å². The van der Waals surface area contributed by atoms with Crippen molar-refractivity contribution >= 4 is 15.9 Å². The summed E-state index contributed by atoms with van der Waals surface area (Å²) in [5.74, 6) is 0.597. The Bertz CT molecular complexity index is 303. The first-order valence-electron chi connectivity index (χ1n) is 4.51. The second-order valence-corrected chi connectivity index (χ2v) is 5.26. The van der Waals surface area contributed by atoms with Crippen LogP contribution in [0.3, 0.4) is 0 Å². The first kappa shape index (κ1) is 11.8. The van der Waals surface area contributed by atoms with Crippen LogP contribution in [0.25, 0.3) is 0 Å². The molecule has 0 aromatic carbocycles. The van der Waals surface area contributed by atoms with Crippen molar-refractivity contribution < 1.29 is 9.52 Å². The van der Waals surface area contributed by atoms with Gasteiger partial charge in [0.1, 0.15) is 5.76 Å². The normalized spacial score (nSPS) is 16.7. The Morgan fingerprint density at radius 1 is 1.43 bits per heavy atom. The molecule has 0 fully saturated rings. The van der Waals surface area contributed by atoms with Gasteiger partial charge in [-0.25, -0.2) is 0 Å². The van der Waals surface area contributed by atoms with Crippen LogP contribution in [0.1, 0.15) is 32.6 Å². The summed E-state index contributed by atoms with van der Waals surface area (Å²) < 4.78 is 5.92. The van der Waals surface area contributed by atoms with E-state index >= 15 is 0 Å². The van der Waals surface area contributed by atoms with Gasteiger partial charge in [-0.2, -0.15) is 0 Å². The Labute approximate surface area is 92.4 Å². The van der Waals surface area contributed by atoms with E-state index in [1.54, 1.807) is 12.1 Å². The number of rotatable bonds is 2. The third-order valence-electron chi connectivity index (χ3n) is 2.15.